The first-order chi connectivity index (χ1) is 7.71. The molecule has 0 heterocycles. The second kappa shape index (κ2) is 6.17. The Morgan fingerprint density at radius 2 is 2.12 bits per heavy atom. The van der Waals surface area contributed by atoms with Gasteiger partial charge in [-0.25, -0.2) is 0 Å². The van der Waals surface area contributed by atoms with Crippen molar-refractivity contribution < 1.29 is 0 Å². The molecule has 0 saturated heterocycles. The Morgan fingerprint density at radius 1 is 1.38 bits per heavy atom. The first-order valence-electron chi connectivity index (χ1n) is 5.98. The highest BCUT2D eigenvalue weighted by Crippen LogP contribution is 2.19. The molecule has 2 heteroatoms. The molecule has 0 aliphatic rings. The molecule has 0 radical (unpaired) electrons. The van der Waals surface area contributed by atoms with Crippen LogP contribution in [0.3, 0.4) is 0 Å². The molecule has 0 saturated carbocycles. The zero-order valence-electron chi connectivity index (χ0n) is 10.4. The summed E-state index contributed by atoms with van der Waals surface area (Å²) in [4.78, 5) is 0. The van der Waals surface area contributed by atoms with E-state index in [2.05, 4.69) is 32.2 Å². The molecule has 1 aromatic rings. The van der Waals surface area contributed by atoms with Gasteiger partial charge in [-0.2, -0.15) is 5.26 Å². The maximum Gasteiger partial charge on any atom is 0.0992 e. The van der Waals surface area contributed by atoms with Gasteiger partial charge >= 0.3 is 0 Å². The Balaban J connectivity index is 2.82. The fraction of sp³-hybridized carbons (Fsp3) is 0.500. The number of rotatable bonds is 5. The number of aryl methyl sites for hydroxylation is 1. The molecule has 1 N–H and O–H groups in total. The van der Waals surface area contributed by atoms with Gasteiger partial charge in [0.25, 0.3) is 0 Å². The molecule has 0 bridgehead atoms. The minimum atomic E-state index is 0.512. The highest BCUT2D eigenvalue weighted by atomic mass is 14.9. The molecule has 0 aliphatic carbocycles. The van der Waals surface area contributed by atoms with Crippen molar-refractivity contribution in [3.63, 3.8) is 0 Å². The summed E-state index contributed by atoms with van der Waals surface area (Å²) in [6.45, 7) is 6.46. The van der Waals surface area contributed by atoms with Gasteiger partial charge in [0, 0.05) is 11.7 Å². The van der Waals surface area contributed by atoms with E-state index in [9.17, 15) is 0 Å². The van der Waals surface area contributed by atoms with Gasteiger partial charge in [-0.1, -0.05) is 26.3 Å². The van der Waals surface area contributed by atoms with Crippen LogP contribution in [-0.4, -0.2) is 6.04 Å². The molecule has 1 unspecified atom stereocenters. The van der Waals surface area contributed by atoms with E-state index < -0.39 is 0 Å². The second-order valence-corrected chi connectivity index (χ2v) is 4.18. The smallest absolute Gasteiger partial charge is 0.0992 e. The van der Waals surface area contributed by atoms with Crippen molar-refractivity contribution in [2.75, 3.05) is 5.32 Å². The summed E-state index contributed by atoms with van der Waals surface area (Å²) in [6, 6.07) is 8.49. The van der Waals surface area contributed by atoms with Crippen molar-refractivity contribution in [1.29, 1.82) is 5.26 Å². The summed E-state index contributed by atoms with van der Waals surface area (Å²) < 4.78 is 0. The van der Waals surface area contributed by atoms with Crippen LogP contribution in [0, 0.1) is 18.3 Å². The predicted molar refractivity (Wildman–Crippen MR) is 68.5 cm³/mol. The zero-order chi connectivity index (χ0) is 12.0. The van der Waals surface area contributed by atoms with E-state index in [-0.39, 0.29) is 0 Å². The Kier molecular flexibility index (Phi) is 4.85. The van der Waals surface area contributed by atoms with Crippen LogP contribution in [0.15, 0.2) is 18.2 Å². The van der Waals surface area contributed by atoms with Crippen LogP contribution >= 0.6 is 0 Å². The fourth-order valence-corrected chi connectivity index (χ4v) is 1.79. The molecule has 0 aliphatic heterocycles. The third-order valence-electron chi connectivity index (χ3n) is 2.86. The topological polar surface area (TPSA) is 35.8 Å². The number of hydrogen-bond donors (Lipinski definition) is 1. The summed E-state index contributed by atoms with van der Waals surface area (Å²) in [7, 11) is 0. The first kappa shape index (κ1) is 12.6. The molecule has 2 nitrogen and oxygen atoms in total. The van der Waals surface area contributed by atoms with Crippen LogP contribution in [0.1, 0.15) is 44.2 Å². The lowest BCUT2D eigenvalue weighted by molar-refractivity contribution is 0.622. The average molecular weight is 216 g/mol. The Morgan fingerprint density at radius 3 is 2.69 bits per heavy atom. The van der Waals surface area contributed by atoms with Crippen LogP contribution in [0.2, 0.25) is 0 Å². The molecule has 0 fully saturated rings. The van der Waals surface area contributed by atoms with Gasteiger partial charge in [-0.05, 0) is 37.5 Å². The molecule has 16 heavy (non-hydrogen) atoms. The largest absolute Gasteiger partial charge is 0.382 e. The van der Waals surface area contributed by atoms with Gasteiger partial charge in [0.05, 0.1) is 11.6 Å². The molecule has 1 atom stereocenters. The molecule has 1 rings (SSSR count). The van der Waals surface area contributed by atoms with Crippen LogP contribution in [-0.2, 0) is 0 Å². The molecule has 86 valence electrons. The number of benzene rings is 1. The zero-order valence-corrected chi connectivity index (χ0v) is 10.4. The maximum absolute atomic E-state index is 8.87. The number of anilines is 1. The van der Waals surface area contributed by atoms with Crippen molar-refractivity contribution in [2.45, 2.75) is 46.1 Å². The SMILES string of the molecule is CCCC(CC)Nc1cc(C#N)ccc1C. The molecule has 0 aromatic heterocycles. The van der Waals surface area contributed by atoms with Crippen molar-refractivity contribution in [2.24, 2.45) is 0 Å². The minimum Gasteiger partial charge on any atom is -0.382 e. The van der Waals surface area contributed by atoms with Crippen molar-refractivity contribution >= 4 is 5.69 Å². The molecule has 0 amide bonds. The van der Waals surface area contributed by atoms with E-state index in [1.807, 2.05) is 18.2 Å². The van der Waals surface area contributed by atoms with Gasteiger partial charge in [0.2, 0.25) is 0 Å². The quantitative estimate of drug-likeness (QED) is 0.811. The van der Waals surface area contributed by atoms with E-state index in [4.69, 9.17) is 5.26 Å². The fourth-order valence-electron chi connectivity index (χ4n) is 1.79. The summed E-state index contributed by atoms with van der Waals surface area (Å²) in [5.41, 5.74) is 3.02. The van der Waals surface area contributed by atoms with E-state index in [1.54, 1.807) is 0 Å². The van der Waals surface area contributed by atoms with Crippen molar-refractivity contribution in [3.05, 3.63) is 29.3 Å². The number of nitrogens with one attached hydrogen (secondary N) is 1. The highest BCUT2D eigenvalue weighted by molar-refractivity contribution is 5.55. The van der Waals surface area contributed by atoms with Crippen LogP contribution < -0.4 is 5.32 Å². The summed E-state index contributed by atoms with van der Waals surface area (Å²) in [6.07, 6.45) is 3.47. The monoisotopic (exact) mass is 216 g/mol. The highest BCUT2D eigenvalue weighted by Gasteiger charge is 2.07. The van der Waals surface area contributed by atoms with E-state index >= 15 is 0 Å². The summed E-state index contributed by atoms with van der Waals surface area (Å²) in [5.74, 6) is 0. The van der Waals surface area contributed by atoms with Crippen LogP contribution in [0.4, 0.5) is 5.69 Å². The number of nitrogens with zero attached hydrogens (tertiary/aromatic N) is 1. The molecular formula is C14H20N2. The van der Waals surface area contributed by atoms with Gasteiger partial charge in [-0.3, -0.25) is 0 Å². The lowest BCUT2D eigenvalue weighted by Crippen LogP contribution is -2.18. The Hall–Kier alpha value is -1.49. The molecular weight excluding hydrogens is 196 g/mol. The maximum atomic E-state index is 8.87. The minimum absolute atomic E-state index is 0.512. The number of nitriles is 1. The standard InChI is InChI=1S/C14H20N2/c1-4-6-13(5-2)16-14-9-12(10-15)8-7-11(14)3/h7-9,13,16H,4-6H2,1-3H3. The van der Waals surface area contributed by atoms with Gasteiger partial charge < -0.3 is 5.32 Å². The van der Waals surface area contributed by atoms with Gasteiger partial charge in [0.15, 0.2) is 0 Å². The van der Waals surface area contributed by atoms with Crippen molar-refractivity contribution in [1.82, 2.24) is 0 Å². The molecule has 1 aromatic carbocycles. The Bertz CT molecular complexity index is 377. The lowest BCUT2D eigenvalue weighted by atomic mass is 10.1. The van der Waals surface area contributed by atoms with E-state index in [1.165, 1.54) is 18.4 Å². The normalized spacial score (nSPS) is 11.9. The van der Waals surface area contributed by atoms with Crippen molar-refractivity contribution in [3.8, 4) is 6.07 Å². The third kappa shape index (κ3) is 3.27. The summed E-state index contributed by atoms with van der Waals surface area (Å²) in [5, 5.41) is 12.4. The van der Waals surface area contributed by atoms with E-state index in [0.29, 0.717) is 6.04 Å². The lowest BCUT2D eigenvalue weighted by Gasteiger charge is -2.19. The predicted octanol–water partition coefficient (Wildman–Crippen LogP) is 3.86. The third-order valence-corrected chi connectivity index (χ3v) is 2.86. The van der Waals surface area contributed by atoms with Crippen LogP contribution in [0.25, 0.3) is 0 Å². The second-order valence-electron chi connectivity index (χ2n) is 4.18. The Labute approximate surface area is 98.3 Å². The number of hydrogen-bond acceptors (Lipinski definition) is 2. The summed E-state index contributed by atoms with van der Waals surface area (Å²) >= 11 is 0. The van der Waals surface area contributed by atoms with Gasteiger partial charge in [0.1, 0.15) is 0 Å². The average Bonchev–Trinajstić information content (AvgIpc) is 2.31. The molecule has 0 spiro atoms. The van der Waals surface area contributed by atoms with E-state index in [0.717, 1.165) is 17.7 Å². The van der Waals surface area contributed by atoms with Crippen LogP contribution in [0.5, 0.6) is 0 Å². The van der Waals surface area contributed by atoms with Gasteiger partial charge in [-0.15, -0.1) is 0 Å². The first-order valence-corrected chi connectivity index (χ1v) is 5.98.